The van der Waals surface area contributed by atoms with Gasteiger partial charge in [0, 0.05) is 26.2 Å². The van der Waals surface area contributed by atoms with Crippen LogP contribution in [0.25, 0.3) is 0 Å². The van der Waals surface area contributed by atoms with E-state index in [9.17, 15) is 13.2 Å². The molecule has 1 atom stereocenters. The number of nitrogens with one attached hydrogen (secondary N) is 2. The van der Waals surface area contributed by atoms with E-state index < -0.39 is 6.36 Å². The predicted octanol–water partition coefficient (Wildman–Crippen LogP) is 3.34. The molecule has 1 unspecified atom stereocenters. The van der Waals surface area contributed by atoms with Gasteiger partial charge in [0.1, 0.15) is 5.75 Å². The minimum absolute atomic E-state index is 0. The molecule has 144 valence electrons. The third-order valence-corrected chi connectivity index (χ3v) is 2.97. The number of ether oxygens (including phenoxy) is 2. The lowest BCUT2D eigenvalue weighted by Crippen LogP contribution is -2.44. The van der Waals surface area contributed by atoms with Crippen LogP contribution in [0.4, 0.5) is 13.2 Å². The van der Waals surface area contributed by atoms with Crippen molar-refractivity contribution in [2.24, 2.45) is 4.99 Å². The van der Waals surface area contributed by atoms with Crippen molar-refractivity contribution < 1.29 is 22.6 Å². The van der Waals surface area contributed by atoms with Gasteiger partial charge in [-0.2, -0.15) is 0 Å². The van der Waals surface area contributed by atoms with Gasteiger partial charge in [-0.15, -0.1) is 37.1 Å². The van der Waals surface area contributed by atoms with E-state index in [1.807, 2.05) is 13.8 Å². The molecule has 1 rings (SSSR count). The molecular weight excluding hydrogens is 450 g/mol. The highest BCUT2D eigenvalue weighted by Gasteiger charge is 2.30. The van der Waals surface area contributed by atoms with Crippen LogP contribution < -0.4 is 15.4 Å². The Bertz CT molecular complexity index is 510. The van der Waals surface area contributed by atoms with Crippen molar-refractivity contribution >= 4 is 29.9 Å². The van der Waals surface area contributed by atoms with Crippen molar-refractivity contribution in [3.8, 4) is 5.75 Å². The van der Waals surface area contributed by atoms with E-state index in [1.54, 1.807) is 19.2 Å². The minimum Gasteiger partial charge on any atom is -0.406 e. The third-order valence-electron chi connectivity index (χ3n) is 2.97. The Kier molecular flexibility index (Phi) is 11.6. The molecule has 0 spiro atoms. The molecule has 9 heteroatoms. The first-order valence-corrected chi connectivity index (χ1v) is 7.72. The van der Waals surface area contributed by atoms with Gasteiger partial charge in [0.2, 0.25) is 0 Å². The van der Waals surface area contributed by atoms with Crippen molar-refractivity contribution in [2.45, 2.75) is 32.7 Å². The lowest BCUT2D eigenvalue weighted by atomic mass is 10.1. The summed E-state index contributed by atoms with van der Waals surface area (Å²) in [5.41, 5.74) is 0.883. The number of nitrogens with zero attached hydrogens (tertiary/aromatic N) is 1. The van der Waals surface area contributed by atoms with E-state index in [0.29, 0.717) is 25.5 Å². The minimum atomic E-state index is -4.67. The second-order valence-electron chi connectivity index (χ2n) is 5.20. The number of guanidine groups is 1. The fourth-order valence-electron chi connectivity index (χ4n) is 2.00. The molecule has 0 aliphatic heterocycles. The topological polar surface area (TPSA) is 54.9 Å². The Hall–Kier alpha value is -1.23. The Morgan fingerprint density at radius 3 is 2.40 bits per heavy atom. The summed E-state index contributed by atoms with van der Waals surface area (Å²) < 4.78 is 45.2. The zero-order valence-electron chi connectivity index (χ0n) is 14.5. The Balaban J connectivity index is 0.00000576. The summed E-state index contributed by atoms with van der Waals surface area (Å²) in [6.45, 7) is 5.75. The summed E-state index contributed by atoms with van der Waals surface area (Å²) in [4.78, 5) is 4.44. The SMILES string of the molecule is CCNC(=NCCc1ccc(OC(F)(F)F)cc1)NC(C)COC.I. The summed E-state index contributed by atoms with van der Waals surface area (Å²) in [5.74, 6) is 0.456. The molecule has 1 aromatic rings. The molecule has 5 nitrogen and oxygen atoms in total. The summed E-state index contributed by atoms with van der Waals surface area (Å²) in [6, 6.07) is 5.93. The second kappa shape index (κ2) is 12.2. The van der Waals surface area contributed by atoms with Crippen molar-refractivity contribution in [3.05, 3.63) is 29.8 Å². The van der Waals surface area contributed by atoms with Gasteiger partial charge in [-0.3, -0.25) is 4.99 Å². The molecule has 0 heterocycles. The van der Waals surface area contributed by atoms with Crippen molar-refractivity contribution in [3.63, 3.8) is 0 Å². The summed E-state index contributed by atoms with van der Waals surface area (Å²) in [5, 5.41) is 6.34. The van der Waals surface area contributed by atoms with Gasteiger partial charge in [-0.1, -0.05) is 12.1 Å². The van der Waals surface area contributed by atoms with Crippen LogP contribution in [-0.2, 0) is 11.2 Å². The summed E-state index contributed by atoms with van der Waals surface area (Å²) in [6.07, 6.45) is -4.06. The fraction of sp³-hybridized carbons (Fsp3) is 0.562. The molecule has 0 aromatic heterocycles. The average Bonchev–Trinajstić information content (AvgIpc) is 2.48. The quantitative estimate of drug-likeness (QED) is 0.344. The van der Waals surface area contributed by atoms with Gasteiger partial charge in [-0.25, -0.2) is 0 Å². The van der Waals surface area contributed by atoms with Crippen LogP contribution in [0.2, 0.25) is 0 Å². The van der Waals surface area contributed by atoms with E-state index in [2.05, 4.69) is 20.4 Å². The highest BCUT2D eigenvalue weighted by Crippen LogP contribution is 2.22. The molecule has 0 saturated heterocycles. The highest BCUT2D eigenvalue weighted by molar-refractivity contribution is 14.0. The molecule has 1 aromatic carbocycles. The van der Waals surface area contributed by atoms with Crippen LogP contribution in [0.1, 0.15) is 19.4 Å². The Labute approximate surface area is 163 Å². The fourth-order valence-corrected chi connectivity index (χ4v) is 2.00. The maximum Gasteiger partial charge on any atom is 0.573 e. The molecule has 0 radical (unpaired) electrons. The number of hydrogen-bond acceptors (Lipinski definition) is 3. The molecule has 0 aliphatic carbocycles. The molecule has 0 saturated carbocycles. The first-order chi connectivity index (χ1) is 11.3. The lowest BCUT2D eigenvalue weighted by Gasteiger charge is -2.17. The number of rotatable bonds is 8. The Morgan fingerprint density at radius 1 is 1.24 bits per heavy atom. The maximum atomic E-state index is 12.1. The van der Waals surface area contributed by atoms with Crippen LogP contribution >= 0.6 is 24.0 Å². The maximum absolute atomic E-state index is 12.1. The molecule has 0 bridgehead atoms. The standard InChI is InChI=1S/C16H24F3N3O2.HI/c1-4-20-15(22-12(2)11-23-3)21-10-9-13-5-7-14(8-6-13)24-16(17,18)19;/h5-8,12H,4,9-11H2,1-3H3,(H2,20,21,22);1H. The van der Waals surface area contributed by atoms with Gasteiger partial charge < -0.3 is 20.1 Å². The van der Waals surface area contributed by atoms with Crippen molar-refractivity contribution in [1.82, 2.24) is 10.6 Å². The van der Waals surface area contributed by atoms with E-state index in [1.165, 1.54) is 12.1 Å². The number of methoxy groups -OCH3 is 1. The van der Waals surface area contributed by atoms with Crippen LogP contribution in [0.5, 0.6) is 5.75 Å². The monoisotopic (exact) mass is 475 g/mol. The number of aliphatic imine (C=N–C) groups is 1. The predicted molar refractivity (Wildman–Crippen MR) is 103 cm³/mol. The Morgan fingerprint density at radius 2 is 1.88 bits per heavy atom. The van der Waals surface area contributed by atoms with Crippen molar-refractivity contribution in [2.75, 3.05) is 26.8 Å². The van der Waals surface area contributed by atoms with Crippen LogP contribution in [0.15, 0.2) is 29.3 Å². The zero-order chi connectivity index (χ0) is 18.0. The number of alkyl halides is 3. The molecule has 25 heavy (non-hydrogen) atoms. The van der Waals surface area contributed by atoms with E-state index in [4.69, 9.17) is 4.74 Å². The normalized spacial score (nSPS) is 13.0. The number of hydrogen-bond donors (Lipinski definition) is 2. The zero-order valence-corrected chi connectivity index (χ0v) is 16.9. The average molecular weight is 475 g/mol. The molecule has 0 aliphatic rings. The first-order valence-electron chi connectivity index (χ1n) is 7.72. The smallest absolute Gasteiger partial charge is 0.406 e. The van der Waals surface area contributed by atoms with Crippen LogP contribution in [0.3, 0.4) is 0 Å². The van der Waals surface area contributed by atoms with Crippen molar-refractivity contribution in [1.29, 1.82) is 0 Å². The molecule has 0 fully saturated rings. The summed E-state index contributed by atoms with van der Waals surface area (Å²) >= 11 is 0. The highest BCUT2D eigenvalue weighted by atomic mass is 127. The molecule has 2 N–H and O–H groups in total. The number of benzene rings is 1. The lowest BCUT2D eigenvalue weighted by molar-refractivity contribution is -0.274. The van der Waals surface area contributed by atoms with Gasteiger partial charge >= 0.3 is 6.36 Å². The van der Waals surface area contributed by atoms with Crippen LogP contribution in [0, 0.1) is 0 Å². The second-order valence-corrected chi connectivity index (χ2v) is 5.20. The van der Waals surface area contributed by atoms with Crippen LogP contribution in [-0.4, -0.2) is 45.2 Å². The van der Waals surface area contributed by atoms with Gasteiger partial charge in [0.05, 0.1) is 6.61 Å². The largest absolute Gasteiger partial charge is 0.573 e. The number of halogens is 4. The van der Waals surface area contributed by atoms with Gasteiger partial charge in [-0.05, 0) is 38.0 Å². The summed E-state index contributed by atoms with van der Waals surface area (Å²) in [7, 11) is 1.63. The van der Waals surface area contributed by atoms with Gasteiger partial charge in [0.25, 0.3) is 0 Å². The van der Waals surface area contributed by atoms with E-state index >= 15 is 0 Å². The molecular formula is C16H25F3IN3O2. The van der Waals surface area contributed by atoms with Gasteiger partial charge in [0.15, 0.2) is 5.96 Å². The van der Waals surface area contributed by atoms with E-state index in [-0.39, 0.29) is 35.8 Å². The molecule has 0 amide bonds. The third kappa shape index (κ3) is 11.1. The first kappa shape index (κ1) is 23.8. The van der Waals surface area contributed by atoms with E-state index in [0.717, 1.165) is 12.1 Å².